The monoisotopic (exact) mass is 237 g/mol. The predicted molar refractivity (Wildman–Crippen MR) is 66.4 cm³/mol. The van der Waals surface area contributed by atoms with E-state index < -0.39 is 0 Å². The van der Waals surface area contributed by atoms with Crippen molar-refractivity contribution in [1.29, 1.82) is 0 Å². The highest BCUT2D eigenvalue weighted by Crippen LogP contribution is 2.34. The molecular formula is C12H23N5. The summed E-state index contributed by atoms with van der Waals surface area (Å²) in [5.74, 6) is 3.20. The summed E-state index contributed by atoms with van der Waals surface area (Å²) in [6.45, 7) is 3.46. The zero-order chi connectivity index (χ0) is 12.3. The Morgan fingerprint density at radius 2 is 2.18 bits per heavy atom. The molecule has 2 rings (SSSR count). The first-order valence-corrected chi connectivity index (χ1v) is 6.56. The fraction of sp³-hybridized carbons (Fsp3) is 0.917. The van der Waals surface area contributed by atoms with Crippen molar-refractivity contribution in [3.05, 3.63) is 5.82 Å². The summed E-state index contributed by atoms with van der Waals surface area (Å²) in [5.41, 5.74) is 0. The number of nitrogens with zero attached hydrogens (tertiary/aromatic N) is 4. The Hall–Kier alpha value is -0.970. The van der Waals surface area contributed by atoms with Crippen molar-refractivity contribution < 1.29 is 0 Å². The summed E-state index contributed by atoms with van der Waals surface area (Å²) >= 11 is 0. The highest BCUT2D eigenvalue weighted by Gasteiger charge is 2.29. The quantitative estimate of drug-likeness (QED) is 0.849. The van der Waals surface area contributed by atoms with E-state index in [-0.39, 0.29) is 0 Å². The number of hydrogen-bond donors (Lipinski definition) is 1. The summed E-state index contributed by atoms with van der Waals surface area (Å²) < 4.78 is 0. The second-order valence-electron chi connectivity index (χ2n) is 5.40. The number of rotatable bonds is 4. The van der Waals surface area contributed by atoms with E-state index in [1.165, 1.54) is 19.3 Å². The van der Waals surface area contributed by atoms with E-state index in [1.807, 2.05) is 14.1 Å². The van der Waals surface area contributed by atoms with Crippen LogP contribution in [0, 0.1) is 17.8 Å². The first-order valence-electron chi connectivity index (χ1n) is 6.56. The molecule has 96 valence electrons. The standard InChI is InChI=1S/C12H23N5/c1-9-4-5-10(8-13-2)11(6-9)7-12-14-16-17(3)15-12/h9-11,13H,4-8H2,1-3H3. The average Bonchev–Trinajstić information content (AvgIpc) is 2.68. The van der Waals surface area contributed by atoms with Gasteiger partial charge in [0.15, 0.2) is 5.82 Å². The van der Waals surface area contributed by atoms with Crippen LogP contribution in [0.15, 0.2) is 0 Å². The fourth-order valence-corrected chi connectivity index (χ4v) is 2.98. The second kappa shape index (κ2) is 5.58. The Bertz CT molecular complexity index is 348. The van der Waals surface area contributed by atoms with Crippen LogP contribution < -0.4 is 5.32 Å². The van der Waals surface area contributed by atoms with Crippen molar-refractivity contribution in [3.8, 4) is 0 Å². The van der Waals surface area contributed by atoms with Crippen LogP contribution in [0.25, 0.3) is 0 Å². The maximum atomic E-state index is 4.30. The van der Waals surface area contributed by atoms with Gasteiger partial charge in [0.05, 0.1) is 7.05 Å². The van der Waals surface area contributed by atoms with Crippen LogP contribution >= 0.6 is 0 Å². The van der Waals surface area contributed by atoms with Crippen LogP contribution in [0.1, 0.15) is 32.0 Å². The highest BCUT2D eigenvalue weighted by atomic mass is 15.6. The summed E-state index contributed by atoms with van der Waals surface area (Å²) in [6.07, 6.45) is 4.96. The van der Waals surface area contributed by atoms with Crippen molar-refractivity contribution in [3.63, 3.8) is 0 Å². The van der Waals surface area contributed by atoms with Crippen molar-refractivity contribution in [1.82, 2.24) is 25.5 Å². The van der Waals surface area contributed by atoms with Crippen LogP contribution in [0.3, 0.4) is 0 Å². The van der Waals surface area contributed by atoms with Crippen LogP contribution in [0.2, 0.25) is 0 Å². The Kier molecular flexibility index (Phi) is 4.10. The summed E-state index contributed by atoms with van der Waals surface area (Å²) in [5, 5.41) is 15.6. The smallest absolute Gasteiger partial charge is 0.175 e. The van der Waals surface area contributed by atoms with Gasteiger partial charge in [0.1, 0.15) is 0 Å². The third kappa shape index (κ3) is 3.25. The van der Waals surface area contributed by atoms with E-state index in [1.54, 1.807) is 4.80 Å². The van der Waals surface area contributed by atoms with Crippen molar-refractivity contribution in [2.45, 2.75) is 32.6 Å². The Morgan fingerprint density at radius 3 is 2.82 bits per heavy atom. The van der Waals surface area contributed by atoms with Crippen LogP contribution in [-0.4, -0.2) is 33.8 Å². The molecule has 0 bridgehead atoms. The molecule has 3 atom stereocenters. The first-order chi connectivity index (χ1) is 8.19. The van der Waals surface area contributed by atoms with Gasteiger partial charge in [-0.05, 0) is 49.4 Å². The first kappa shape index (κ1) is 12.5. The fourth-order valence-electron chi connectivity index (χ4n) is 2.98. The Labute approximate surface area is 103 Å². The van der Waals surface area contributed by atoms with Gasteiger partial charge in [-0.15, -0.1) is 10.2 Å². The molecule has 1 aliphatic rings. The molecule has 1 fully saturated rings. The lowest BCUT2D eigenvalue weighted by molar-refractivity contribution is 0.184. The maximum absolute atomic E-state index is 4.30. The normalized spacial score (nSPS) is 29.5. The van der Waals surface area contributed by atoms with Gasteiger partial charge in [-0.2, -0.15) is 4.80 Å². The molecule has 17 heavy (non-hydrogen) atoms. The maximum Gasteiger partial charge on any atom is 0.175 e. The van der Waals surface area contributed by atoms with Crippen molar-refractivity contribution in [2.75, 3.05) is 13.6 Å². The van der Waals surface area contributed by atoms with E-state index in [0.29, 0.717) is 5.92 Å². The SMILES string of the molecule is CNCC1CCC(C)CC1Cc1nnn(C)n1. The van der Waals surface area contributed by atoms with Gasteiger partial charge in [0.25, 0.3) is 0 Å². The lowest BCUT2D eigenvalue weighted by Crippen LogP contribution is -2.32. The van der Waals surface area contributed by atoms with Crippen LogP contribution in [0.5, 0.6) is 0 Å². The topological polar surface area (TPSA) is 55.6 Å². The summed E-state index contributed by atoms with van der Waals surface area (Å²) in [7, 11) is 3.86. The number of tetrazole rings is 1. The molecule has 1 aromatic rings. The van der Waals surface area contributed by atoms with Gasteiger partial charge in [0.2, 0.25) is 0 Å². The van der Waals surface area contributed by atoms with E-state index in [9.17, 15) is 0 Å². The number of nitrogens with one attached hydrogen (secondary N) is 1. The molecule has 0 radical (unpaired) electrons. The lowest BCUT2D eigenvalue weighted by atomic mass is 9.73. The molecule has 1 heterocycles. The summed E-state index contributed by atoms with van der Waals surface area (Å²) in [6, 6.07) is 0. The minimum Gasteiger partial charge on any atom is -0.319 e. The zero-order valence-electron chi connectivity index (χ0n) is 11.1. The number of aryl methyl sites for hydroxylation is 1. The average molecular weight is 237 g/mol. The molecule has 1 saturated carbocycles. The number of hydrogen-bond acceptors (Lipinski definition) is 4. The minimum atomic E-state index is 0.704. The van der Waals surface area contributed by atoms with E-state index in [2.05, 4.69) is 27.7 Å². The molecule has 5 heteroatoms. The van der Waals surface area contributed by atoms with E-state index in [0.717, 1.165) is 30.6 Å². The molecule has 5 nitrogen and oxygen atoms in total. The minimum absolute atomic E-state index is 0.704. The molecule has 0 amide bonds. The third-order valence-electron chi connectivity index (χ3n) is 3.86. The second-order valence-corrected chi connectivity index (χ2v) is 5.40. The predicted octanol–water partition coefficient (Wildman–Crippen LogP) is 1.02. The zero-order valence-corrected chi connectivity index (χ0v) is 11.1. The molecule has 0 aliphatic heterocycles. The van der Waals surface area contributed by atoms with Gasteiger partial charge >= 0.3 is 0 Å². The van der Waals surface area contributed by atoms with Crippen molar-refractivity contribution >= 4 is 0 Å². The Balaban J connectivity index is 1.99. The molecule has 1 aliphatic carbocycles. The molecular weight excluding hydrogens is 214 g/mol. The van der Waals surface area contributed by atoms with Gasteiger partial charge < -0.3 is 5.32 Å². The molecule has 0 saturated heterocycles. The van der Waals surface area contributed by atoms with Gasteiger partial charge in [0, 0.05) is 6.42 Å². The molecule has 0 spiro atoms. The summed E-state index contributed by atoms with van der Waals surface area (Å²) in [4.78, 5) is 1.55. The van der Waals surface area contributed by atoms with E-state index in [4.69, 9.17) is 0 Å². The highest BCUT2D eigenvalue weighted by molar-refractivity contribution is 4.88. The largest absolute Gasteiger partial charge is 0.319 e. The molecule has 3 unspecified atom stereocenters. The lowest BCUT2D eigenvalue weighted by Gasteiger charge is -2.34. The third-order valence-corrected chi connectivity index (χ3v) is 3.86. The van der Waals surface area contributed by atoms with Crippen LogP contribution in [0.4, 0.5) is 0 Å². The van der Waals surface area contributed by atoms with E-state index >= 15 is 0 Å². The molecule has 0 aromatic carbocycles. The van der Waals surface area contributed by atoms with Gasteiger partial charge in [-0.3, -0.25) is 0 Å². The molecule has 1 N–H and O–H groups in total. The van der Waals surface area contributed by atoms with Gasteiger partial charge in [-0.25, -0.2) is 0 Å². The van der Waals surface area contributed by atoms with Gasteiger partial charge in [-0.1, -0.05) is 13.3 Å². The van der Waals surface area contributed by atoms with Crippen molar-refractivity contribution in [2.24, 2.45) is 24.8 Å². The Morgan fingerprint density at radius 1 is 1.35 bits per heavy atom. The van der Waals surface area contributed by atoms with Crippen LogP contribution in [-0.2, 0) is 13.5 Å². The number of aromatic nitrogens is 4. The molecule has 1 aromatic heterocycles.